The van der Waals surface area contributed by atoms with Crippen LogP contribution in [-0.4, -0.2) is 56.2 Å². The van der Waals surface area contributed by atoms with Crippen molar-refractivity contribution in [2.75, 3.05) is 18.6 Å². The van der Waals surface area contributed by atoms with Crippen molar-refractivity contribution in [3.05, 3.63) is 0 Å². The molecule has 0 saturated carbocycles. The lowest BCUT2D eigenvalue weighted by Gasteiger charge is -2.15. The van der Waals surface area contributed by atoms with Gasteiger partial charge in [0.05, 0.1) is 18.3 Å². The molecule has 1 amide bonds. The van der Waals surface area contributed by atoms with Gasteiger partial charge in [-0.3, -0.25) is 4.79 Å². The average Bonchev–Trinajstić information content (AvgIpc) is 2.75. The normalized spacial score (nSPS) is 21.0. The number of rotatable bonds is 7. The molecule has 0 bridgehead atoms. The Balaban J connectivity index is 2.43. The third-order valence-corrected chi connectivity index (χ3v) is 3.82. The molecule has 19 heavy (non-hydrogen) atoms. The average molecular weight is 293 g/mol. The Bertz CT molecular complexity index is 426. The zero-order valence-corrected chi connectivity index (χ0v) is 11.6. The van der Waals surface area contributed by atoms with E-state index in [2.05, 4.69) is 5.32 Å². The quantitative estimate of drug-likeness (QED) is 0.658. The SMILES string of the molecule is CS(=O)(=O)CCC(NC(=O)CC1CCCO1)C(=O)O. The van der Waals surface area contributed by atoms with Crippen LogP contribution < -0.4 is 5.32 Å². The fourth-order valence-electron chi connectivity index (χ4n) is 1.85. The summed E-state index contributed by atoms with van der Waals surface area (Å²) < 4.78 is 27.3. The standard InChI is InChI=1S/C11H19NO6S/c1-19(16,17)6-4-9(11(14)15)12-10(13)7-8-3-2-5-18-8/h8-9H,2-7H2,1H3,(H,12,13)(H,14,15). The summed E-state index contributed by atoms with van der Waals surface area (Å²) in [5, 5.41) is 11.3. The Hall–Kier alpha value is -1.15. The van der Waals surface area contributed by atoms with E-state index in [1.54, 1.807) is 0 Å². The van der Waals surface area contributed by atoms with Gasteiger partial charge in [0.1, 0.15) is 15.9 Å². The van der Waals surface area contributed by atoms with Crippen LogP contribution in [0.25, 0.3) is 0 Å². The van der Waals surface area contributed by atoms with Crippen LogP contribution in [0.4, 0.5) is 0 Å². The molecule has 7 nitrogen and oxygen atoms in total. The number of amides is 1. The van der Waals surface area contributed by atoms with Crippen molar-refractivity contribution in [3.63, 3.8) is 0 Å². The van der Waals surface area contributed by atoms with Gasteiger partial charge in [0.15, 0.2) is 0 Å². The highest BCUT2D eigenvalue weighted by Crippen LogP contribution is 2.15. The fourth-order valence-corrected chi connectivity index (χ4v) is 2.52. The summed E-state index contributed by atoms with van der Waals surface area (Å²) in [4.78, 5) is 22.6. The second-order valence-corrected chi connectivity index (χ2v) is 6.98. The van der Waals surface area contributed by atoms with Crippen molar-refractivity contribution < 1.29 is 27.9 Å². The van der Waals surface area contributed by atoms with Gasteiger partial charge >= 0.3 is 5.97 Å². The number of carboxylic acid groups (broad SMARTS) is 1. The Kier molecular flexibility index (Phi) is 5.74. The molecule has 0 aromatic rings. The Labute approximate surface area is 112 Å². The lowest BCUT2D eigenvalue weighted by molar-refractivity contribution is -0.142. The first-order chi connectivity index (χ1) is 8.78. The molecular weight excluding hydrogens is 274 g/mol. The number of aliphatic carboxylic acids is 1. The number of sulfone groups is 1. The van der Waals surface area contributed by atoms with Gasteiger partial charge in [0.2, 0.25) is 5.91 Å². The molecule has 0 aliphatic carbocycles. The van der Waals surface area contributed by atoms with Gasteiger partial charge in [-0.1, -0.05) is 0 Å². The summed E-state index contributed by atoms with van der Waals surface area (Å²) in [7, 11) is -3.25. The van der Waals surface area contributed by atoms with E-state index in [0.717, 1.165) is 19.1 Å². The van der Waals surface area contributed by atoms with Gasteiger partial charge in [0, 0.05) is 12.9 Å². The number of carboxylic acids is 1. The van der Waals surface area contributed by atoms with Crippen molar-refractivity contribution in [1.82, 2.24) is 5.32 Å². The van der Waals surface area contributed by atoms with Crippen LogP contribution in [0.1, 0.15) is 25.7 Å². The summed E-state index contributed by atoms with van der Waals surface area (Å²) in [6.45, 7) is 0.619. The molecule has 1 aliphatic rings. The monoisotopic (exact) mass is 293 g/mol. The highest BCUT2D eigenvalue weighted by Gasteiger charge is 2.24. The van der Waals surface area contributed by atoms with E-state index in [1.165, 1.54) is 0 Å². The lowest BCUT2D eigenvalue weighted by Crippen LogP contribution is -2.42. The van der Waals surface area contributed by atoms with Crippen LogP contribution in [0.3, 0.4) is 0 Å². The van der Waals surface area contributed by atoms with Crippen molar-refractivity contribution in [2.45, 2.75) is 37.8 Å². The van der Waals surface area contributed by atoms with Crippen LogP contribution in [0, 0.1) is 0 Å². The summed E-state index contributed by atoms with van der Waals surface area (Å²) in [6.07, 6.45) is 2.53. The number of hydrogen-bond acceptors (Lipinski definition) is 5. The Morgan fingerprint density at radius 1 is 1.47 bits per heavy atom. The van der Waals surface area contributed by atoms with Crippen molar-refractivity contribution >= 4 is 21.7 Å². The molecule has 2 N–H and O–H groups in total. The van der Waals surface area contributed by atoms with Gasteiger partial charge in [0.25, 0.3) is 0 Å². The predicted molar refractivity (Wildman–Crippen MR) is 67.5 cm³/mol. The molecule has 1 heterocycles. The molecule has 0 radical (unpaired) electrons. The highest BCUT2D eigenvalue weighted by atomic mass is 32.2. The molecule has 2 unspecified atom stereocenters. The summed E-state index contributed by atoms with van der Waals surface area (Å²) in [6, 6.07) is -1.18. The van der Waals surface area contributed by atoms with Crippen LogP contribution in [0.2, 0.25) is 0 Å². The van der Waals surface area contributed by atoms with Gasteiger partial charge in [-0.25, -0.2) is 13.2 Å². The van der Waals surface area contributed by atoms with E-state index < -0.39 is 27.8 Å². The molecule has 1 rings (SSSR count). The van der Waals surface area contributed by atoms with E-state index in [9.17, 15) is 18.0 Å². The third-order valence-electron chi connectivity index (χ3n) is 2.85. The molecule has 0 spiro atoms. The maximum absolute atomic E-state index is 11.6. The largest absolute Gasteiger partial charge is 0.480 e. The molecule has 0 aromatic carbocycles. The second-order valence-electron chi connectivity index (χ2n) is 4.72. The van der Waals surface area contributed by atoms with Crippen molar-refractivity contribution in [2.24, 2.45) is 0 Å². The van der Waals surface area contributed by atoms with Crippen molar-refractivity contribution in [3.8, 4) is 0 Å². The molecule has 110 valence electrons. The molecule has 1 saturated heterocycles. The zero-order chi connectivity index (χ0) is 14.5. The van der Waals surface area contributed by atoms with Gasteiger partial charge in [-0.2, -0.15) is 0 Å². The van der Waals surface area contributed by atoms with Crippen molar-refractivity contribution in [1.29, 1.82) is 0 Å². The van der Waals surface area contributed by atoms with E-state index in [0.29, 0.717) is 6.61 Å². The first-order valence-corrected chi connectivity index (χ1v) is 8.15. The highest BCUT2D eigenvalue weighted by molar-refractivity contribution is 7.90. The maximum Gasteiger partial charge on any atom is 0.326 e. The summed E-state index contributed by atoms with van der Waals surface area (Å²) in [5.74, 6) is -1.93. The zero-order valence-electron chi connectivity index (χ0n) is 10.8. The molecule has 2 atom stereocenters. The Morgan fingerprint density at radius 3 is 2.63 bits per heavy atom. The van der Waals surface area contributed by atoms with E-state index in [4.69, 9.17) is 9.84 Å². The van der Waals surface area contributed by atoms with Crippen LogP contribution >= 0.6 is 0 Å². The smallest absolute Gasteiger partial charge is 0.326 e. The lowest BCUT2D eigenvalue weighted by atomic mass is 10.1. The number of carbonyl (C=O) groups is 2. The number of ether oxygens (including phenoxy) is 1. The number of nitrogens with one attached hydrogen (secondary N) is 1. The first-order valence-electron chi connectivity index (χ1n) is 6.09. The van der Waals surface area contributed by atoms with E-state index >= 15 is 0 Å². The minimum absolute atomic E-state index is 0.114. The third kappa shape index (κ3) is 6.53. The summed E-state index contributed by atoms with van der Waals surface area (Å²) >= 11 is 0. The van der Waals surface area contributed by atoms with Crippen LogP contribution in [-0.2, 0) is 24.2 Å². The summed E-state index contributed by atoms with van der Waals surface area (Å²) in [5.41, 5.74) is 0. The first kappa shape index (κ1) is 15.9. The maximum atomic E-state index is 11.6. The number of carbonyl (C=O) groups excluding carboxylic acids is 1. The van der Waals surface area contributed by atoms with E-state index in [1.807, 2.05) is 0 Å². The van der Waals surface area contributed by atoms with Crippen LogP contribution in [0.15, 0.2) is 0 Å². The van der Waals surface area contributed by atoms with Gasteiger partial charge < -0.3 is 15.2 Å². The van der Waals surface area contributed by atoms with Gasteiger partial charge in [-0.15, -0.1) is 0 Å². The van der Waals surface area contributed by atoms with E-state index in [-0.39, 0.29) is 24.7 Å². The topological polar surface area (TPSA) is 110 Å². The second kappa shape index (κ2) is 6.85. The molecule has 1 aliphatic heterocycles. The molecular formula is C11H19NO6S. The minimum atomic E-state index is -3.25. The number of hydrogen-bond donors (Lipinski definition) is 2. The molecule has 1 fully saturated rings. The minimum Gasteiger partial charge on any atom is -0.480 e. The predicted octanol–water partition coefficient (Wildman–Crippen LogP) is -0.440. The molecule has 8 heteroatoms. The molecule has 0 aromatic heterocycles. The fraction of sp³-hybridized carbons (Fsp3) is 0.818. The Morgan fingerprint density at radius 2 is 2.16 bits per heavy atom. The van der Waals surface area contributed by atoms with Gasteiger partial charge in [-0.05, 0) is 19.3 Å². The van der Waals surface area contributed by atoms with Crippen LogP contribution in [0.5, 0.6) is 0 Å².